The topological polar surface area (TPSA) is 52.6 Å². The van der Waals surface area contributed by atoms with Crippen LogP contribution in [0.5, 0.6) is 0 Å². The van der Waals surface area contributed by atoms with Gasteiger partial charge in [0.15, 0.2) is 5.96 Å². The summed E-state index contributed by atoms with van der Waals surface area (Å²) in [4.78, 5) is 10.6. The summed E-state index contributed by atoms with van der Waals surface area (Å²) in [6, 6.07) is 14.6. The molecule has 1 aromatic carbocycles. The summed E-state index contributed by atoms with van der Waals surface area (Å²) < 4.78 is 0. The Kier molecular flexibility index (Phi) is 10.5. The monoisotopic (exact) mass is 487 g/mol. The Bertz CT molecular complexity index is 661. The molecule has 2 rings (SSSR count). The average molecular weight is 488 g/mol. The van der Waals surface area contributed by atoms with Crippen LogP contribution >= 0.6 is 35.6 Å². The first-order valence-electron chi connectivity index (χ1n) is 8.36. The zero-order valence-corrected chi connectivity index (χ0v) is 18.5. The molecule has 0 bridgehead atoms. The Balaban J connectivity index is 0.00000338. The summed E-state index contributed by atoms with van der Waals surface area (Å²) in [5.41, 5.74) is 2.42. The number of benzene rings is 1. The molecule has 1 heterocycles. The molecule has 7 heteroatoms. The largest absolute Gasteiger partial charge is 0.356 e. The maximum atomic E-state index is 5.81. The molecule has 0 aliphatic heterocycles. The van der Waals surface area contributed by atoms with Gasteiger partial charge in [0.05, 0.1) is 6.04 Å². The number of hydrogen-bond donors (Lipinski definition) is 2. The van der Waals surface area contributed by atoms with E-state index in [2.05, 4.69) is 63.9 Å². The first kappa shape index (κ1) is 22.7. The molecule has 26 heavy (non-hydrogen) atoms. The van der Waals surface area contributed by atoms with Gasteiger partial charge in [0.2, 0.25) is 0 Å². The molecular weight excluding hydrogens is 461 g/mol. The van der Waals surface area contributed by atoms with Crippen molar-refractivity contribution in [3.63, 3.8) is 0 Å². The third-order valence-corrected chi connectivity index (χ3v) is 4.21. The second kappa shape index (κ2) is 12.1. The van der Waals surface area contributed by atoms with Crippen LogP contribution in [-0.2, 0) is 6.42 Å². The van der Waals surface area contributed by atoms with E-state index in [0.717, 1.165) is 31.0 Å². The van der Waals surface area contributed by atoms with Gasteiger partial charge in [0.1, 0.15) is 5.15 Å². The molecule has 1 unspecified atom stereocenters. The van der Waals surface area contributed by atoms with Crippen molar-refractivity contribution in [3.8, 4) is 0 Å². The smallest absolute Gasteiger partial charge is 0.191 e. The van der Waals surface area contributed by atoms with Crippen molar-refractivity contribution in [2.75, 3.05) is 34.2 Å². The lowest BCUT2D eigenvalue weighted by Crippen LogP contribution is -2.42. The molecule has 0 aliphatic rings. The fourth-order valence-electron chi connectivity index (χ4n) is 2.57. The number of hydrogen-bond acceptors (Lipinski definition) is 3. The van der Waals surface area contributed by atoms with Gasteiger partial charge in [-0.3, -0.25) is 4.99 Å². The molecule has 142 valence electrons. The molecular formula is C19H27ClIN5. The van der Waals surface area contributed by atoms with E-state index in [1.165, 1.54) is 5.56 Å². The molecule has 0 aliphatic carbocycles. The highest BCUT2D eigenvalue weighted by Crippen LogP contribution is 2.16. The maximum absolute atomic E-state index is 5.81. The standard InChI is InChI=1S/C19H26ClN5.HI/c1-21-19(22-12-11-15-9-10-18(20)23-13-15)24-14-17(25(2)3)16-7-5-4-6-8-16;/h4-10,13,17H,11-12,14H2,1-3H3,(H2,21,22,24);1H. The van der Waals surface area contributed by atoms with Gasteiger partial charge < -0.3 is 15.5 Å². The Morgan fingerprint density at radius 1 is 1.15 bits per heavy atom. The Hall–Kier alpha value is -1.38. The fraction of sp³-hybridized carbons (Fsp3) is 0.368. The van der Waals surface area contributed by atoms with Crippen LogP contribution in [-0.4, -0.2) is 50.1 Å². The van der Waals surface area contributed by atoms with Gasteiger partial charge in [0.25, 0.3) is 0 Å². The molecule has 2 aromatic rings. The number of aromatic nitrogens is 1. The minimum absolute atomic E-state index is 0. The van der Waals surface area contributed by atoms with Crippen molar-refractivity contribution in [2.45, 2.75) is 12.5 Å². The predicted molar refractivity (Wildman–Crippen MR) is 121 cm³/mol. The lowest BCUT2D eigenvalue weighted by atomic mass is 10.1. The lowest BCUT2D eigenvalue weighted by molar-refractivity contribution is 0.298. The van der Waals surface area contributed by atoms with E-state index in [4.69, 9.17) is 11.6 Å². The highest BCUT2D eigenvalue weighted by molar-refractivity contribution is 14.0. The van der Waals surface area contributed by atoms with Crippen LogP contribution < -0.4 is 10.6 Å². The third kappa shape index (κ3) is 7.47. The number of guanidine groups is 1. The molecule has 0 amide bonds. The fourth-order valence-corrected chi connectivity index (χ4v) is 2.68. The molecule has 0 spiro atoms. The van der Waals surface area contributed by atoms with Crippen molar-refractivity contribution in [1.29, 1.82) is 0 Å². The molecule has 1 atom stereocenters. The van der Waals surface area contributed by atoms with E-state index >= 15 is 0 Å². The Labute approximate surface area is 178 Å². The summed E-state index contributed by atoms with van der Waals surface area (Å²) in [6.07, 6.45) is 2.67. The highest BCUT2D eigenvalue weighted by atomic mass is 127. The van der Waals surface area contributed by atoms with Gasteiger partial charge in [-0.2, -0.15) is 0 Å². The summed E-state index contributed by atoms with van der Waals surface area (Å²) in [5.74, 6) is 0.796. The van der Waals surface area contributed by atoms with Crippen molar-refractivity contribution >= 4 is 41.5 Å². The molecule has 1 aromatic heterocycles. The molecule has 0 radical (unpaired) electrons. The molecule has 0 saturated carbocycles. The zero-order valence-electron chi connectivity index (χ0n) is 15.4. The van der Waals surface area contributed by atoms with Crippen LogP contribution in [0.1, 0.15) is 17.2 Å². The molecule has 5 nitrogen and oxygen atoms in total. The van der Waals surface area contributed by atoms with Gasteiger partial charge in [-0.1, -0.05) is 48.0 Å². The summed E-state index contributed by atoms with van der Waals surface area (Å²) in [7, 11) is 5.96. The number of likely N-dealkylation sites (N-methyl/N-ethyl adjacent to an activating group) is 1. The second-order valence-corrected chi connectivity index (χ2v) is 6.40. The Morgan fingerprint density at radius 2 is 1.88 bits per heavy atom. The van der Waals surface area contributed by atoms with Gasteiger partial charge in [-0.15, -0.1) is 24.0 Å². The number of nitrogens with one attached hydrogen (secondary N) is 2. The van der Waals surface area contributed by atoms with Gasteiger partial charge in [-0.25, -0.2) is 4.98 Å². The highest BCUT2D eigenvalue weighted by Gasteiger charge is 2.14. The number of rotatable bonds is 7. The minimum atomic E-state index is 0. The third-order valence-electron chi connectivity index (χ3n) is 3.99. The summed E-state index contributed by atoms with van der Waals surface area (Å²) >= 11 is 5.81. The number of aliphatic imine (C=N–C) groups is 1. The van der Waals surface area contributed by atoms with E-state index in [1.807, 2.05) is 18.2 Å². The SMILES string of the molecule is CN=C(NCCc1ccc(Cl)nc1)NCC(c1ccccc1)N(C)C.I. The van der Waals surface area contributed by atoms with Crippen molar-refractivity contribution in [3.05, 3.63) is 64.9 Å². The number of nitrogens with zero attached hydrogens (tertiary/aromatic N) is 3. The first-order valence-corrected chi connectivity index (χ1v) is 8.74. The minimum Gasteiger partial charge on any atom is -0.356 e. The van der Waals surface area contributed by atoms with Crippen LogP contribution in [0.15, 0.2) is 53.7 Å². The zero-order chi connectivity index (χ0) is 18.1. The first-order chi connectivity index (χ1) is 12.1. The molecule has 2 N–H and O–H groups in total. The van der Waals surface area contributed by atoms with Crippen LogP contribution in [0.25, 0.3) is 0 Å². The Morgan fingerprint density at radius 3 is 2.46 bits per heavy atom. The van der Waals surface area contributed by atoms with Crippen LogP contribution in [0.3, 0.4) is 0 Å². The van der Waals surface area contributed by atoms with E-state index < -0.39 is 0 Å². The second-order valence-electron chi connectivity index (χ2n) is 6.01. The predicted octanol–water partition coefficient (Wildman–Crippen LogP) is 3.36. The van der Waals surface area contributed by atoms with Crippen LogP contribution in [0, 0.1) is 0 Å². The van der Waals surface area contributed by atoms with E-state index in [1.54, 1.807) is 13.2 Å². The quantitative estimate of drug-likeness (QED) is 0.272. The van der Waals surface area contributed by atoms with Gasteiger partial charge >= 0.3 is 0 Å². The van der Waals surface area contributed by atoms with E-state index in [0.29, 0.717) is 5.15 Å². The van der Waals surface area contributed by atoms with Crippen molar-refractivity contribution in [1.82, 2.24) is 20.5 Å². The summed E-state index contributed by atoms with van der Waals surface area (Å²) in [6.45, 7) is 1.56. The lowest BCUT2D eigenvalue weighted by Gasteiger charge is -2.26. The number of pyridine rings is 1. The summed E-state index contributed by atoms with van der Waals surface area (Å²) in [5, 5.41) is 7.26. The maximum Gasteiger partial charge on any atom is 0.191 e. The number of halogens is 2. The molecule has 0 fully saturated rings. The van der Waals surface area contributed by atoms with Crippen LogP contribution in [0.2, 0.25) is 5.15 Å². The average Bonchev–Trinajstić information content (AvgIpc) is 2.62. The van der Waals surface area contributed by atoms with E-state index in [-0.39, 0.29) is 30.0 Å². The van der Waals surface area contributed by atoms with E-state index in [9.17, 15) is 0 Å². The van der Waals surface area contributed by atoms with Crippen molar-refractivity contribution < 1.29 is 0 Å². The van der Waals surface area contributed by atoms with Gasteiger partial charge in [0, 0.05) is 26.3 Å². The van der Waals surface area contributed by atoms with Crippen LogP contribution in [0.4, 0.5) is 0 Å². The normalized spacial score (nSPS) is 12.4. The van der Waals surface area contributed by atoms with Gasteiger partial charge in [-0.05, 0) is 37.7 Å². The molecule has 0 saturated heterocycles. The van der Waals surface area contributed by atoms with Crippen molar-refractivity contribution in [2.24, 2.45) is 4.99 Å².